The van der Waals surface area contributed by atoms with Crippen LogP contribution in [0.5, 0.6) is 0 Å². The quantitative estimate of drug-likeness (QED) is 0.845. The van der Waals surface area contributed by atoms with Crippen LogP contribution in [0.4, 0.5) is 4.39 Å². The highest BCUT2D eigenvalue weighted by molar-refractivity contribution is 6.31. The third-order valence-corrected chi connectivity index (χ3v) is 2.88. The summed E-state index contributed by atoms with van der Waals surface area (Å²) in [6.45, 7) is 5.11. The highest BCUT2D eigenvalue weighted by atomic mass is 35.5. The fourth-order valence-corrected chi connectivity index (χ4v) is 1.87. The Morgan fingerprint density at radius 1 is 1.44 bits per heavy atom. The second kappa shape index (κ2) is 5.67. The van der Waals surface area contributed by atoms with Crippen molar-refractivity contribution in [2.24, 2.45) is 0 Å². The van der Waals surface area contributed by atoms with E-state index in [1.54, 1.807) is 0 Å². The monoisotopic (exact) mass is 270 g/mol. The largest absolute Gasteiger partial charge is 0.441 e. The Hall–Kier alpha value is -1.13. The van der Waals surface area contributed by atoms with Crippen LogP contribution in [0.25, 0.3) is 11.1 Å². The minimum atomic E-state index is -0.478. The van der Waals surface area contributed by atoms with E-state index in [4.69, 9.17) is 16.0 Å². The van der Waals surface area contributed by atoms with Gasteiger partial charge in [-0.2, -0.15) is 0 Å². The molecule has 0 aliphatic heterocycles. The zero-order chi connectivity index (χ0) is 13.1. The Labute approximate surface area is 110 Å². The Morgan fingerprint density at radius 2 is 2.22 bits per heavy atom. The lowest BCUT2D eigenvalue weighted by atomic mass is 10.3. The van der Waals surface area contributed by atoms with Gasteiger partial charge >= 0.3 is 0 Å². The molecule has 0 amide bonds. The highest BCUT2D eigenvalue weighted by Gasteiger charge is 2.09. The van der Waals surface area contributed by atoms with Crippen LogP contribution in [0, 0.1) is 5.82 Å². The molecule has 5 heteroatoms. The second-order valence-corrected chi connectivity index (χ2v) is 4.96. The summed E-state index contributed by atoms with van der Waals surface area (Å²) in [5.41, 5.74) is 1.05. The van der Waals surface area contributed by atoms with Gasteiger partial charge in [-0.05, 0) is 19.0 Å². The molecule has 0 fully saturated rings. The molecule has 1 heterocycles. The maximum absolute atomic E-state index is 13.2. The number of rotatable bonds is 5. The number of aryl methyl sites for hydroxylation is 1. The molecule has 1 N–H and O–H groups in total. The predicted molar refractivity (Wildman–Crippen MR) is 70.4 cm³/mol. The Kier molecular flexibility index (Phi) is 4.19. The van der Waals surface area contributed by atoms with Crippen molar-refractivity contribution in [3.05, 3.63) is 28.9 Å². The van der Waals surface area contributed by atoms with Gasteiger partial charge in [-0.25, -0.2) is 9.37 Å². The smallest absolute Gasteiger partial charge is 0.195 e. The first-order valence-corrected chi connectivity index (χ1v) is 6.42. The van der Waals surface area contributed by atoms with Crippen LogP contribution >= 0.6 is 11.6 Å². The molecule has 1 aromatic heterocycles. The molecule has 0 bridgehead atoms. The topological polar surface area (TPSA) is 38.1 Å². The molecule has 0 spiro atoms. The van der Waals surface area contributed by atoms with Crippen molar-refractivity contribution in [2.75, 3.05) is 6.54 Å². The number of oxazole rings is 1. The van der Waals surface area contributed by atoms with E-state index in [1.807, 2.05) is 0 Å². The van der Waals surface area contributed by atoms with Gasteiger partial charge in [0, 0.05) is 18.5 Å². The molecule has 0 saturated heterocycles. The predicted octanol–water partition coefficient (Wildman–Crippen LogP) is 3.55. The first-order valence-electron chi connectivity index (χ1n) is 6.04. The summed E-state index contributed by atoms with van der Waals surface area (Å²) in [5.74, 6) is 0.144. The molecule has 0 atom stereocenters. The summed E-state index contributed by atoms with van der Waals surface area (Å²) in [6, 6.07) is 3.24. The van der Waals surface area contributed by atoms with Crippen molar-refractivity contribution in [3.8, 4) is 0 Å². The van der Waals surface area contributed by atoms with E-state index >= 15 is 0 Å². The van der Waals surface area contributed by atoms with Crippen molar-refractivity contribution in [1.82, 2.24) is 10.3 Å². The number of hydrogen-bond acceptors (Lipinski definition) is 3. The number of hydrogen-bond donors (Lipinski definition) is 1. The van der Waals surface area contributed by atoms with E-state index in [0.29, 0.717) is 23.0 Å². The highest BCUT2D eigenvalue weighted by Crippen LogP contribution is 2.23. The molecule has 0 unspecified atom stereocenters. The van der Waals surface area contributed by atoms with Crippen LogP contribution in [0.15, 0.2) is 16.5 Å². The minimum Gasteiger partial charge on any atom is -0.441 e. The lowest BCUT2D eigenvalue weighted by Crippen LogP contribution is -2.23. The maximum Gasteiger partial charge on any atom is 0.195 e. The van der Waals surface area contributed by atoms with Crippen molar-refractivity contribution in [3.63, 3.8) is 0 Å². The lowest BCUT2D eigenvalue weighted by Gasteiger charge is -2.05. The number of fused-ring (bicyclic) bond motifs is 1. The van der Waals surface area contributed by atoms with Crippen molar-refractivity contribution in [2.45, 2.75) is 32.7 Å². The third kappa shape index (κ3) is 3.21. The van der Waals surface area contributed by atoms with E-state index < -0.39 is 5.82 Å². The van der Waals surface area contributed by atoms with Gasteiger partial charge in [0.1, 0.15) is 11.3 Å². The molecule has 3 nitrogen and oxygen atoms in total. The van der Waals surface area contributed by atoms with Gasteiger partial charge in [0.2, 0.25) is 0 Å². The lowest BCUT2D eigenvalue weighted by molar-refractivity contribution is 0.498. The van der Waals surface area contributed by atoms with Gasteiger partial charge in [0.05, 0.1) is 5.02 Å². The van der Waals surface area contributed by atoms with E-state index in [1.165, 1.54) is 12.1 Å². The van der Waals surface area contributed by atoms with Crippen molar-refractivity contribution < 1.29 is 8.81 Å². The molecule has 0 aliphatic rings. The van der Waals surface area contributed by atoms with Gasteiger partial charge in [0.25, 0.3) is 0 Å². The number of benzene rings is 1. The van der Waals surface area contributed by atoms with E-state index in [0.717, 1.165) is 19.4 Å². The van der Waals surface area contributed by atoms with Gasteiger partial charge in [-0.1, -0.05) is 25.4 Å². The zero-order valence-electron chi connectivity index (χ0n) is 10.5. The molecule has 2 rings (SSSR count). The number of nitrogens with one attached hydrogen (secondary N) is 1. The molecular weight excluding hydrogens is 255 g/mol. The number of nitrogens with zero attached hydrogens (tertiary/aromatic N) is 1. The van der Waals surface area contributed by atoms with Crippen LogP contribution in [0.1, 0.15) is 26.2 Å². The van der Waals surface area contributed by atoms with E-state index in [2.05, 4.69) is 24.1 Å². The van der Waals surface area contributed by atoms with Crippen LogP contribution in [-0.4, -0.2) is 17.6 Å². The van der Waals surface area contributed by atoms with Crippen LogP contribution in [0.3, 0.4) is 0 Å². The molecular formula is C13H16ClFN2O. The second-order valence-electron chi connectivity index (χ2n) is 4.55. The SMILES string of the molecule is CC(C)NCCCc1nc2cc(Cl)c(F)cc2o1. The number of halogens is 2. The zero-order valence-corrected chi connectivity index (χ0v) is 11.2. The molecule has 98 valence electrons. The van der Waals surface area contributed by atoms with Gasteiger partial charge < -0.3 is 9.73 Å². The van der Waals surface area contributed by atoms with Crippen molar-refractivity contribution in [1.29, 1.82) is 0 Å². The van der Waals surface area contributed by atoms with Gasteiger partial charge in [0.15, 0.2) is 11.5 Å². The summed E-state index contributed by atoms with van der Waals surface area (Å²) in [4.78, 5) is 4.29. The average molecular weight is 271 g/mol. The van der Waals surface area contributed by atoms with Gasteiger partial charge in [-0.15, -0.1) is 0 Å². The summed E-state index contributed by atoms with van der Waals surface area (Å²) >= 11 is 5.69. The number of aromatic nitrogens is 1. The van der Waals surface area contributed by atoms with Crippen LogP contribution in [0.2, 0.25) is 5.02 Å². The maximum atomic E-state index is 13.2. The third-order valence-electron chi connectivity index (χ3n) is 2.59. The normalized spacial score (nSPS) is 11.6. The summed E-state index contributed by atoms with van der Waals surface area (Å²) in [7, 11) is 0. The Balaban J connectivity index is 2.02. The van der Waals surface area contributed by atoms with E-state index in [-0.39, 0.29) is 5.02 Å². The Morgan fingerprint density at radius 3 is 2.94 bits per heavy atom. The summed E-state index contributed by atoms with van der Waals surface area (Å²) < 4.78 is 18.7. The summed E-state index contributed by atoms with van der Waals surface area (Å²) in [6.07, 6.45) is 1.66. The minimum absolute atomic E-state index is 0.0730. The standard InChI is InChI=1S/C13H16ClFN2O/c1-8(2)16-5-3-4-13-17-11-6-9(14)10(15)7-12(11)18-13/h6-8,16H,3-5H2,1-2H3. The van der Waals surface area contributed by atoms with Crippen LogP contribution in [-0.2, 0) is 6.42 Å². The van der Waals surface area contributed by atoms with Gasteiger partial charge in [-0.3, -0.25) is 0 Å². The average Bonchev–Trinajstić information content (AvgIpc) is 2.67. The molecule has 0 saturated carbocycles. The molecule has 1 aromatic carbocycles. The van der Waals surface area contributed by atoms with Crippen molar-refractivity contribution >= 4 is 22.7 Å². The summed E-state index contributed by atoms with van der Waals surface area (Å²) in [5, 5.41) is 3.39. The Bertz CT molecular complexity index is 500. The van der Waals surface area contributed by atoms with Crippen LogP contribution < -0.4 is 5.32 Å². The molecule has 2 aromatic rings. The molecule has 0 radical (unpaired) electrons. The first kappa shape index (κ1) is 13.3. The van der Waals surface area contributed by atoms with E-state index in [9.17, 15) is 4.39 Å². The molecule has 18 heavy (non-hydrogen) atoms. The fraction of sp³-hybridized carbons (Fsp3) is 0.462. The molecule has 0 aliphatic carbocycles. The first-order chi connectivity index (χ1) is 8.56. The fourth-order valence-electron chi connectivity index (χ4n) is 1.71.